The minimum Gasteiger partial charge on any atom is -0.465 e. The first-order valence-corrected chi connectivity index (χ1v) is 6.95. The largest absolute Gasteiger partial charge is 0.465 e. The van der Waals surface area contributed by atoms with Gasteiger partial charge in [-0.05, 0) is 38.5 Å². The highest BCUT2D eigenvalue weighted by Gasteiger charge is 2.35. The zero-order chi connectivity index (χ0) is 13.0. The second-order valence-electron chi connectivity index (χ2n) is 5.42. The van der Waals surface area contributed by atoms with Gasteiger partial charge in [-0.25, -0.2) is 4.79 Å². The molecule has 2 aliphatic rings. The maximum atomic E-state index is 10.6. The molecule has 2 fully saturated rings. The number of carboxylic acid groups (broad SMARTS) is 1. The fourth-order valence-corrected chi connectivity index (χ4v) is 2.99. The Labute approximate surface area is 108 Å². The Bertz CT molecular complexity index is 273. The van der Waals surface area contributed by atoms with Gasteiger partial charge in [0, 0.05) is 31.8 Å². The lowest BCUT2D eigenvalue weighted by molar-refractivity contribution is 0.0901. The molecule has 18 heavy (non-hydrogen) atoms. The second kappa shape index (κ2) is 6.38. The smallest absolute Gasteiger partial charge is 0.404 e. The predicted octanol–water partition coefficient (Wildman–Crippen LogP) is 1.68. The lowest BCUT2D eigenvalue weighted by Gasteiger charge is -2.37. The first kappa shape index (κ1) is 13.6. The first-order valence-electron chi connectivity index (χ1n) is 6.95. The van der Waals surface area contributed by atoms with Gasteiger partial charge >= 0.3 is 6.09 Å². The van der Waals surface area contributed by atoms with Crippen molar-refractivity contribution >= 4 is 6.09 Å². The molecule has 0 heterocycles. The summed E-state index contributed by atoms with van der Waals surface area (Å²) in [4.78, 5) is 13.2. The molecule has 1 amide bonds. The van der Waals surface area contributed by atoms with Crippen LogP contribution in [0.15, 0.2) is 0 Å². The van der Waals surface area contributed by atoms with Crippen LogP contribution >= 0.6 is 0 Å². The van der Waals surface area contributed by atoms with Crippen molar-refractivity contribution in [3.05, 3.63) is 0 Å². The van der Waals surface area contributed by atoms with Gasteiger partial charge in [-0.3, -0.25) is 4.90 Å². The minimum absolute atomic E-state index is 0.155. The Morgan fingerprint density at radius 2 is 1.78 bits per heavy atom. The molecule has 0 atom stereocenters. The number of nitrogens with one attached hydrogen (secondary N) is 1. The SMILES string of the molecule is COCCN(C1CC1)[C@H]1CC[C@H](NC(=O)O)CC1. The van der Waals surface area contributed by atoms with Crippen molar-refractivity contribution in [3.63, 3.8) is 0 Å². The maximum absolute atomic E-state index is 10.6. The average Bonchev–Trinajstić information content (AvgIpc) is 3.15. The number of rotatable bonds is 6. The van der Waals surface area contributed by atoms with Crippen LogP contribution in [-0.4, -0.2) is 54.5 Å². The molecule has 0 aromatic rings. The summed E-state index contributed by atoms with van der Waals surface area (Å²) in [6.45, 7) is 1.81. The van der Waals surface area contributed by atoms with E-state index in [0.29, 0.717) is 6.04 Å². The van der Waals surface area contributed by atoms with Gasteiger partial charge in [-0.2, -0.15) is 0 Å². The number of nitrogens with zero attached hydrogens (tertiary/aromatic N) is 1. The number of methoxy groups -OCH3 is 1. The van der Waals surface area contributed by atoms with Crippen molar-refractivity contribution in [2.75, 3.05) is 20.3 Å². The molecular weight excluding hydrogens is 232 g/mol. The van der Waals surface area contributed by atoms with Crippen molar-refractivity contribution in [2.24, 2.45) is 0 Å². The zero-order valence-corrected chi connectivity index (χ0v) is 11.1. The molecule has 5 nitrogen and oxygen atoms in total. The number of carbonyl (C=O) groups is 1. The first-order chi connectivity index (χ1) is 8.70. The Morgan fingerprint density at radius 1 is 1.22 bits per heavy atom. The molecule has 0 aliphatic heterocycles. The highest BCUT2D eigenvalue weighted by Crippen LogP contribution is 2.33. The van der Waals surface area contributed by atoms with Gasteiger partial charge in [0.25, 0.3) is 0 Å². The summed E-state index contributed by atoms with van der Waals surface area (Å²) < 4.78 is 5.18. The summed E-state index contributed by atoms with van der Waals surface area (Å²) in [5.74, 6) is 0. The van der Waals surface area contributed by atoms with E-state index in [1.54, 1.807) is 7.11 Å². The fourth-order valence-electron chi connectivity index (χ4n) is 2.99. The topological polar surface area (TPSA) is 61.8 Å². The van der Waals surface area contributed by atoms with Crippen molar-refractivity contribution < 1.29 is 14.6 Å². The molecule has 0 aromatic heterocycles. The summed E-state index contributed by atoms with van der Waals surface area (Å²) in [6.07, 6.45) is 5.88. The van der Waals surface area contributed by atoms with Crippen molar-refractivity contribution in [1.82, 2.24) is 10.2 Å². The highest BCUT2D eigenvalue weighted by molar-refractivity contribution is 5.64. The monoisotopic (exact) mass is 256 g/mol. The molecule has 2 saturated carbocycles. The molecule has 0 spiro atoms. The summed E-state index contributed by atoms with van der Waals surface area (Å²) in [7, 11) is 1.75. The van der Waals surface area contributed by atoms with E-state index in [0.717, 1.165) is 44.9 Å². The zero-order valence-electron chi connectivity index (χ0n) is 11.1. The van der Waals surface area contributed by atoms with Crippen molar-refractivity contribution in [2.45, 2.75) is 56.7 Å². The highest BCUT2D eigenvalue weighted by atomic mass is 16.5. The van der Waals surface area contributed by atoms with Gasteiger partial charge in [0.1, 0.15) is 0 Å². The van der Waals surface area contributed by atoms with Gasteiger partial charge in [0.05, 0.1) is 6.61 Å². The van der Waals surface area contributed by atoms with Crippen LogP contribution in [0.5, 0.6) is 0 Å². The van der Waals surface area contributed by atoms with E-state index >= 15 is 0 Å². The maximum Gasteiger partial charge on any atom is 0.404 e. The number of ether oxygens (including phenoxy) is 1. The summed E-state index contributed by atoms with van der Waals surface area (Å²) in [5.41, 5.74) is 0. The Hall–Kier alpha value is -0.810. The quantitative estimate of drug-likeness (QED) is 0.759. The molecule has 0 radical (unpaired) electrons. The summed E-state index contributed by atoms with van der Waals surface area (Å²) in [6, 6.07) is 1.54. The molecule has 0 aromatic carbocycles. The summed E-state index contributed by atoms with van der Waals surface area (Å²) in [5, 5.41) is 11.3. The second-order valence-corrected chi connectivity index (χ2v) is 5.42. The number of hydrogen-bond donors (Lipinski definition) is 2. The lowest BCUT2D eigenvalue weighted by atomic mass is 9.90. The molecule has 0 unspecified atom stereocenters. The van der Waals surface area contributed by atoms with Crippen LogP contribution in [-0.2, 0) is 4.74 Å². The molecule has 2 aliphatic carbocycles. The number of hydrogen-bond acceptors (Lipinski definition) is 3. The Morgan fingerprint density at radius 3 is 2.22 bits per heavy atom. The van der Waals surface area contributed by atoms with Crippen LogP contribution in [0.3, 0.4) is 0 Å². The van der Waals surface area contributed by atoms with E-state index < -0.39 is 6.09 Å². The third-order valence-corrected chi connectivity index (χ3v) is 4.06. The van der Waals surface area contributed by atoms with Crippen LogP contribution in [0.25, 0.3) is 0 Å². The number of amides is 1. The van der Waals surface area contributed by atoms with Crippen LogP contribution in [0, 0.1) is 0 Å². The Kier molecular flexibility index (Phi) is 4.83. The fraction of sp³-hybridized carbons (Fsp3) is 0.923. The third-order valence-electron chi connectivity index (χ3n) is 4.06. The van der Waals surface area contributed by atoms with Crippen LogP contribution in [0.4, 0.5) is 4.79 Å². The Balaban J connectivity index is 1.77. The van der Waals surface area contributed by atoms with Gasteiger partial charge in [-0.15, -0.1) is 0 Å². The van der Waals surface area contributed by atoms with Crippen molar-refractivity contribution in [3.8, 4) is 0 Å². The van der Waals surface area contributed by atoms with Gasteiger partial charge < -0.3 is 15.2 Å². The van der Waals surface area contributed by atoms with E-state index in [1.807, 2.05) is 0 Å². The molecule has 0 bridgehead atoms. The van der Waals surface area contributed by atoms with Gasteiger partial charge in [0.2, 0.25) is 0 Å². The van der Waals surface area contributed by atoms with Gasteiger partial charge in [0.15, 0.2) is 0 Å². The van der Waals surface area contributed by atoms with Crippen LogP contribution in [0.1, 0.15) is 38.5 Å². The normalized spacial score (nSPS) is 28.3. The van der Waals surface area contributed by atoms with E-state index in [-0.39, 0.29) is 6.04 Å². The van der Waals surface area contributed by atoms with E-state index in [4.69, 9.17) is 9.84 Å². The van der Waals surface area contributed by atoms with Crippen molar-refractivity contribution in [1.29, 1.82) is 0 Å². The molecular formula is C13H24N2O3. The third kappa shape index (κ3) is 3.85. The molecule has 2 N–H and O–H groups in total. The molecule has 2 rings (SSSR count). The molecule has 0 saturated heterocycles. The van der Waals surface area contributed by atoms with Crippen LogP contribution in [0.2, 0.25) is 0 Å². The summed E-state index contributed by atoms with van der Waals surface area (Å²) >= 11 is 0. The van der Waals surface area contributed by atoms with E-state index in [9.17, 15) is 4.79 Å². The molecule has 5 heteroatoms. The lowest BCUT2D eigenvalue weighted by Crippen LogP contribution is -2.45. The standard InChI is InChI=1S/C13H24N2O3/c1-18-9-8-15(12-6-7-12)11-4-2-10(3-5-11)14-13(16)17/h10-12,14H,2-9H2,1H3,(H,16,17)/t10-,11-. The van der Waals surface area contributed by atoms with Gasteiger partial charge in [-0.1, -0.05) is 0 Å². The van der Waals surface area contributed by atoms with Crippen LogP contribution < -0.4 is 5.32 Å². The average molecular weight is 256 g/mol. The molecule has 104 valence electrons. The van der Waals surface area contributed by atoms with E-state index in [1.165, 1.54) is 12.8 Å². The van der Waals surface area contributed by atoms with E-state index in [2.05, 4.69) is 10.2 Å². The minimum atomic E-state index is -0.892. The predicted molar refractivity (Wildman–Crippen MR) is 68.8 cm³/mol.